The summed E-state index contributed by atoms with van der Waals surface area (Å²) in [5.41, 5.74) is 0. The quantitative estimate of drug-likeness (QED) is 0.319. The largest absolute Gasteiger partial charge is 0.466 e. The highest BCUT2D eigenvalue weighted by atomic mass is 16.7. The Morgan fingerprint density at radius 2 is 1.53 bits per heavy atom. The van der Waals surface area contributed by atoms with Gasteiger partial charge >= 0.3 is 5.97 Å². The zero-order valence-electron chi connectivity index (χ0n) is 11.4. The monoisotopic (exact) mass is 246 g/mol. The van der Waals surface area contributed by atoms with E-state index in [0.29, 0.717) is 19.8 Å². The molecule has 0 rings (SSSR count). The van der Waals surface area contributed by atoms with Crippen LogP contribution in [0.2, 0.25) is 0 Å². The highest BCUT2D eigenvalue weighted by Crippen LogP contribution is 2.06. The summed E-state index contributed by atoms with van der Waals surface area (Å²) in [4.78, 5) is 11.3. The molecule has 4 heteroatoms. The van der Waals surface area contributed by atoms with Crippen LogP contribution in [0.15, 0.2) is 0 Å². The van der Waals surface area contributed by atoms with E-state index in [2.05, 4.69) is 13.8 Å². The molecule has 0 aromatic carbocycles. The Labute approximate surface area is 105 Å². The third-order valence-corrected chi connectivity index (χ3v) is 2.24. The van der Waals surface area contributed by atoms with Gasteiger partial charge < -0.3 is 14.2 Å². The van der Waals surface area contributed by atoms with Crippen LogP contribution in [-0.2, 0) is 19.0 Å². The van der Waals surface area contributed by atoms with Crippen molar-refractivity contribution in [3.05, 3.63) is 0 Å². The van der Waals surface area contributed by atoms with E-state index in [1.807, 2.05) is 0 Å². The van der Waals surface area contributed by atoms with Crippen molar-refractivity contribution in [3.63, 3.8) is 0 Å². The van der Waals surface area contributed by atoms with Crippen LogP contribution in [-0.4, -0.2) is 32.1 Å². The summed E-state index contributed by atoms with van der Waals surface area (Å²) in [5.74, 6) is -0.259. The smallest absolute Gasteiger partial charge is 0.310 e. The number of unbranched alkanes of at least 4 members (excludes halogenated alkanes) is 2. The first-order chi connectivity index (χ1) is 8.24. The van der Waals surface area contributed by atoms with Gasteiger partial charge in [-0.2, -0.15) is 0 Å². The Kier molecular flexibility index (Phi) is 11.4. The Hall–Kier alpha value is -0.610. The van der Waals surface area contributed by atoms with E-state index < -0.39 is 6.29 Å². The summed E-state index contributed by atoms with van der Waals surface area (Å²) >= 11 is 0. The van der Waals surface area contributed by atoms with Crippen molar-refractivity contribution in [3.8, 4) is 0 Å². The SMILES string of the molecule is CCCCOC(CC(=O)OCC)OCCCC. The summed E-state index contributed by atoms with van der Waals surface area (Å²) < 4.78 is 15.9. The first-order valence-corrected chi connectivity index (χ1v) is 6.63. The normalized spacial score (nSPS) is 10.8. The molecule has 0 unspecified atom stereocenters. The molecule has 0 N–H and O–H groups in total. The molecule has 0 aliphatic heterocycles. The first kappa shape index (κ1) is 16.4. The number of ether oxygens (including phenoxy) is 3. The standard InChI is InChI=1S/C13H26O4/c1-4-7-9-16-13(17-10-8-5-2)11-12(14)15-6-3/h13H,4-11H2,1-3H3. The molecule has 0 heterocycles. The van der Waals surface area contributed by atoms with Crippen molar-refractivity contribution in [2.75, 3.05) is 19.8 Å². The van der Waals surface area contributed by atoms with Gasteiger partial charge in [-0.05, 0) is 19.8 Å². The molecule has 0 amide bonds. The van der Waals surface area contributed by atoms with Crippen molar-refractivity contribution < 1.29 is 19.0 Å². The Morgan fingerprint density at radius 3 is 1.94 bits per heavy atom. The second kappa shape index (κ2) is 11.9. The molecule has 0 atom stereocenters. The van der Waals surface area contributed by atoms with Crippen LogP contribution < -0.4 is 0 Å². The minimum absolute atomic E-state index is 0.182. The minimum atomic E-state index is -0.452. The van der Waals surface area contributed by atoms with Crippen LogP contribution in [0, 0.1) is 0 Å². The highest BCUT2D eigenvalue weighted by Gasteiger charge is 2.15. The molecule has 0 spiro atoms. The lowest BCUT2D eigenvalue weighted by Crippen LogP contribution is -2.23. The first-order valence-electron chi connectivity index (χ1n) is 6.63. The van der Waals surface area contributed by atoms with Crippen LogP contribution in [0.25, 0.3) is 0 Å². The summed E-state index contributed by atoms with van der Waals surface area (Å²) in [5, 5.41) is 0. The Balaban J connectivity index is 3.86. The maximum Gasteiger partial charge on any atom is 0.310 e. The highest BCUT2D eigenvalue weighted by molar-refractivity contribution is 5.69. The van der Waals surface area contributed by atoms with Crippen LogP contribution >= 0.6 is 0 Å². The maximum absolute atomic E-state index is 11.3. The van der Waals surface area contributed by atoms with Crippen molar-refractivity contribution in [2.24, 2.45) is 0 Å². The fourth-order valence-corrected chi connectivity index (χ4v) is 1.24. The molecule has 0 aliphatic rings. The predicted molar refractivity (Wildman–Crippen MR) is 66.8 cm³/mol. The zero-order valence-corrected chi connectivity index (χ0v) is 11.4. The molecule has 0 radical (unpaired) electrons. The zero-order chi connectivity index (χ0) is 12.9. The molecule has 17 heavy (non-hydrogen) atoms. The van der Waals surface area contributed by atoms with Crippen molar-refractivity contribution in [1.82, 2.24) is 0 Å². The van der Waals surface area contributed by atoms with Crippen LogP contribution in [0.4, 0.5) is 0 Å². The molecule has 4 nitrogen and oxygen atoms in total. The lowest BCUT2D eigenvalue weighted by Gasteiger charge is -2.17. The number of esters is 1. The maximum atomic E-state index is 11.3. The number of hydrogen-bond donors (Lipinski definition) is 0. The van der Waals surface area contributed by atoms with Gasteiger partial charge in [0.2, 0.25) is 0 Å². The van der Waals surface area contributed by atoms with Crippen LogP contribution in [0.3, 0.4) is 0 Å². The van der Waals surface area contributed by atoms with Gasteiger partial charge in [-0.3, -0.25) is 4.79 Å². The van der Waals surface area contributed by atoms with Crippen molar-refractivity contribution >= 4 is 5.97 Å². The summed E-state index contributed by atoms with van der Waals surface area (Å²) in [6.45, 7) is 7.65. The molecule has 0 saturated carbocycles. The second-order valence-corrected chi connectivity index (χ2v) is 3.89. The fraction of sp³-hybridized carbons (Fsp3) is 0.923. The molecular weight excluding hydrogens is 220 g/mol. The molecule has 0 saturated heterocycles. The topological polar surface area (TPSA) is 44.8 Å². The van der Waals surface area contributed by atoms with Gasteiger partial charge in [-0.15, -0.1) is 0 Å². The number of carbonyl (C=O) groups is 1. The summed E-state index contributed by atoms with van der Waals surface area (Å²) in [6, 6.07) is 0. The fourth-order valence-electron chi connectivity index (χ4n) is 1.24. The summed E-state index contributed by atoms with van der Waals surface area (Å²) in [7, 11) is 0. The molecule has 0 aliphatic carbocycles. The predicted octanol–water partition coefficient (Wildman–Crippen LogP) is 2.90. The van der Waals surface area contributed by atoms with E-state index >= 15 is 0 Å². The van der Waals surface area contributed by atoms with E-state index in [1.165, 1.54) is 0 Å². The van der Waals surface area contributed by atoms with Gasteiger partial charge in [0.25, 0.3) is 0 Å². The third kappa shape index (κ3) is 10.3. The molecule has 102 valence electrons. The molecule has 0 fully saturated rings. The number of carbonyl (C=O) groups excluding carboxylic acids is 1. The van der Waals surface area contributed by atoms with Crippen molar-refractivity contribution in [2.45, 2.75) is 59.2 Å². The molecule has 0 aromatic rings. The average molecular weight is 246 g/mol. The molecular formula is C13H26O4. The lowest BCUT2D eigenvalue weighted by atomic mass is 10.3. The third-order valence-electron chi connectivity index (χ3n) is 2.24. The van der Waals surface area contributed by atoms with E-state index in [4.69, 9.17) is 14.2 Å². The van der Waals surface area contributed by atoms with E-state index in [1.54, 1.807) is 6.92 Å². The minimum Gasteiger partial charge on any atom is -0.466 e. The number of hydrogen-bond acceptors (Lipinski definition) is 4. The van der Waals surface area contributed by atoms with Crippen molar-refractivity contribution in [1.29, 1.82) is 0 Å². The Morgan fingerprint density at radius 1 is 1.00 bits per heavy atom. The lowest BCUT2D eigenvalue weighted by molar-refractivity contribution is -0.171. The van der Waals surface area contributed by atoms with Gasteiger partial charge in [0.05, 0.1) is 13.0 Å². The van der Waals surface area contributed by atoms with E-state index in [-0.39, 0.29) is 12.4 Å². The van der Waals surface area contributed by atoms with E-state index in [0.717, 1.165) is 25.7 Å². The van der Waals surface area contributed by atoms with Gasteiger partial charge in [0.15, 0.2) is 6.29 Å². The van der Waals surface area contributed by atoms with E-state index in [9.17, 15) is 4.79 Å². The van der Waals surface area contributed by atoms with Gasteiger partial charge in [0.1, 0.15) is 0 Å². The summed E-state index contributed by atoms with van der Waals surface area (Å²) in [6.07, 6.45) is 3.84. The molecule has 0 bridgehead atoms. The second-order valence-electron chi connectivity index (χ2n) is 3.89. The van der Waals surface area contributed by atoms with Gasteiger partial charge in [-0.25, -0.2) is 0 Å². The number of rotatable bonds is 11. The van der Waals surface area contributed by atoms with Gasteiger partial charge in [0, 0.05) is 13.2 Å². The average Bonchev–Trinajstić information content (AvgIpc) is 2.29. The van der Waals surface area contributed by atoms with Crippen LogP contribution in [0.5, 0.6) is 0 Å². The Bertz CT molecular complexity index is 172. The van der Waals surface area contributed by atoms with Gasteiger partial charge in [-0.1, -0.05) is 26.7 Å². The molecule has 0 aromatic heterocycles. The van der Waals surface area contributed by atoms with Crippen LogP contribution in [0.1, 0.15) is 52.9 Å².